The molecule has 1 N–H and O–H groups in total. The largest absolute Gasteiger partial charge is 0.493 e. The van der Waals surface area contributed by atoms with Gasteiger partial charge in [0.15, 0.2) is 22.8 Å². The molecule has 0 unspecified atom stereocenters. The van der Waals surface area contributed by atoms with Gasteiger partial charge < -0.3 is 19.7 Å². The second-order valence-electron chi connectivity index (χ2n) is 9.33. The minimum absolute atomic E-state index is 0.0143. The predicted molar refractivity (Wildman–Crippen MR) is 152 cm³/mol. The van der Waals surface area contributed by atoms with Crippen LogP contribution in [0.25, 0.3) is 16.9 Å². The summed E-state index contributed by atoms with van der Waals surface area (Å²) in [6.45, 7) is 7.54. The van der Waals surface area contributed by atoms with Gasteiger partial charge >= 0.3 is 0 Å². The van der Waals surface area contributed by atoms with E-state index in [1.165, 1.54) is 0 Å². The monoisotopic (exact) mass is 529 g/mol. The van der Waals surface area contributed by atoms with E-state index in [4.69, 9.17) is 9.47 Å². The molecule has 2 aromatic heterocycles. The number of benzene rings is 2. The van der Waals surface area contributed by atoms with Gasteiger partial charge in [-0.3, -0.25) is 9.59 Å². The fraction of sp³-hybridized carbons (Fsp3) is 0.333. The number of rotatable bonds is 11. The Morgan fingerprint density at radius 1 is 0.949 bits per heavy atom. The number of nitrogens with one attached hydrogen (secondary N) is 1. The summed E-state index contributed by atoms with van der Waals surface area (Å²) in [5, 5.41) is 7.47. The zero-order valence-corrected chi connectivity index (χ0v) is 23.2. The first-order chi connectivity index (χ1) is 18.9. The number of nitrogens with zero attached hydrogens (tertiary/aromatic N) is 4. The van der Waals surface area contributed by atoms with Crippen molar-refractivity contribution in [2.24, 2.45) is 0 Å². The molecule has 0 spiro atoms. The van der Waals surface area contributed by atoms with Crippen molar-refractivity contribution in [2.75, 3.05) is 32.6 Å². The van der Waals surface area contributed by atoms with Crippen LogP contribution in [-0.4, -0.2) is 58.6 Å². The molecule has 0 radical (unpaired) electrons. The lowest BCUT2D eigenvalue weighted by Crippen LogP contribution is -2.32. The number of carbonyl (C=O) groups excluding carboxylic acids is 2. The Kier molecular flexibility index (Phi) is 8.81. The minimum Gasteiger partial charge on any atom is -0.493 e. The van der Waals surface area contributed by atoms with E-state index in [1.807, 2.05) is 42.2 Å². The number of ether oxygens (including phenoxy) is 2. The highest BCUT2D eigenvalue weighted by Gasteiger charge is 2.18. The number of fused-ring (bicyclic) bond motifs is 1. The summed E-state index contributed by atoms with van der Waals surface area (Å²) in [7, 11) is 3.17. The number of carbonyl (C=O) groups is 2. The van der Waals surface area contributed by atoms with E-state index in [2.05, 4.69) is 29.2 Å². The maximum Gasteiger partial charge on any atom is 0.276 e. The predicted octanol–water partition coefficient (Wildman–Crippen LogP) is 5.63. The Labute approximate surface area is 228 Å². The van der Waals surface area contributed by atoms with Crippen molar-refractivity contribution in [3.8, 4) is 22.8 Å². The Morgan fingerprint density at radius 2 is 1.74 bits per heavy atom. The molecule has 0 bridgehead atoms. The fourth-order valence-electron chi connectivity index (χ4n) is 4.46. The molecular weight excluding hydrogens is 494 g/mol. The summed E-state index contributed by atoms with van der Waals surface area (Å²) in [6.07, 6.45) is 4.59. The van der Waals surface area contributed by atoms with Crippen LogP contribution in [0.1, 0.15) is 59.5 Å². The Balaban J connectivity index is 1.56. The highest BCUT2D eigenvalue weighted by atomic mass is 16.5. The number of hydrogen-bond acceptors (Lipinski definition) is 6. The second-order valence-corrected chi connectivity index (χ2v) is 9.33. The van der Waals surface area contributed by atoms with Gasteiger partial charge in [-0.05, 0) is 67.8 Å². The maximum absolute atomic E-state index is 13.2. The second kappa shape index (κ2) is 12.4. The minimum atomic E-state index is -0.364. The van der Waals surface area contributed by atoms with Crippen molar-refractivity contribution in [1.82, 2.24) is 19.5 Å². The molecule has 4 aromatic rings. The van der Waals surface area contributed by atoms with Crippen molar-refractivity contribution < 1.29 is 19.1 Å². The summed E-state index contributed by atoms with van der Waals surface area (Å²) < 4.78 is 12.4. The Morgan fingerprint density at radius 3 is 2.44 bits per heavy atom. The van der Waals surface area contributed by atoms with Crippen molar-refractivity contribution in [3.63, 3.8) is 0 Å². The topological polar surface area (TPSA) is 98.1 Å². The van der Waals surface area contributed by atoms with Crippen LogP contribution in [0.15, 0.2) is 54.7 Å². The fourth-order valence-corrected chi connectivity index (χ4v) is 4.46. The Bertz CT molecular complexity index is 1480. The van der Waals surface area contributed by atoms with Crippen molar-refractivity contribution in [3.05, 3.63) is 71.5 Å². The number of amides is 2. The molecule has 0 aliphatic heterocycles. The zero-order chi connectivity index (χ0) is 27.9. The molecule has 0 aliphatic rings. The lowest BCUT2D eigenvalue weighted by molar-refractivity contribution is 0.0753. The summed E-state index contributed by atoms with van der Waals surface area (Å²) >= 11 is 0. The summed E-state index contributed by atoms with van der Waals surface area (Å²) in [5.74, 6) is 0.858. The molecule has 2 heterocycles. The van der Waals surface area contributed by atoms with Crippen LogP contribution in [0.5, 0.6) is 11.5 Å². The van der Waals surface area contributed by atoms with Gasteiger partial charge in [-0.25, -0.2) is 9.50 Å². The highest BCUT2D eigenvalue weighted by Crippen LogP contribution is 2.32. The average molecular weight is 530 g/mol. The molecule has 204 valence electrons. The van der Waals surface area contributed by atoms with Crippen LogP contribution < -0.4 is 14.8 Å². The molecule has 0 aliphatic carbocycles. The molecule has 9 nitrogen and oxygen atoms in total. The average Bonchev–Trinajstić information content (AvgIpc) is 3.40. The smallest absolute Gasteiger partial charge is 0.276 e. The van der Waals surface area contributed by atoms with E-state index in [1.54, 1.807) is 43.1 Å². The quantitative estimate of drug-likeness (QED) is 0.271. The molecule has 2 aromatic carbocycles. The van der Waals surface area contributed by atoms with E-state index < -0.39 is 0 Å². The zero-order valence-electron chi connectivity index (χ0n) is 23.2. The first-order valence-electron chi connectivity index (χ1n) is 13.2. The van der Waals surface area contributed by atoms with E-state index in [-0.39, 0.29) is 17.5 Å². The number of aromatic nitrogens is 3. The van der Waals surface area contributed by atoms with Crippen LogP contribution in [-0.2, 0) is 0 Å². The summed E-state index contributed by atoms with van der Waals surface area (Å²) in [4.78, 5) is 32.5. The van der Waals surface area contributed by atoms with Gasteiger partial charge in [-0.1, -0.05) is 20.3 Å². The van der Waals surface area contributed by atoms with E-state index in [9.17, 15) is 9.59 Å². The van der Waals surface area contributed by atoms with Crippen LogP contribution in [0.2, 0.25) is 0 Å². The van der Waals surface area contributed by atoms with Crippen LogP contribution in [0, 0.1) is 6.92 Å². The summed E-state index contributed by atoms with van der Waals surface area (Å²) in [5.41, 5.74) is 4.38. The molecule has 9 heteroatoms. The summed E-state index contributed by atoms with van der Waals surface area (Å²) in [6, 6.07) is 14.4. The van der Waals surface area contributed by atoms with Gasteiger partial charge in [0.2, 0.25) is 0 Å². The highest BCUT2D eigenvalue weighted by molar-refractivity contribution is 6.04. The number of anilines is 1. The number of methoxy groups -OCH3 is 2. The number of aryl methyl sites for hydroxylation is 1. The molecular formula is C30H35N5O4. The standard InChI is InChI=1S/C30H35N5O4/c1-6-8-16-34(15-7-2)30(37)22-9-11-23(20(3)17-22)32-29(36)24-19-28-31-14-13-25(35(28)33-24)21-10-12-26(38-4)27(18-21)39-5/h9-14,17-19H,6-8,15-16H2,1-5H3,(H,32,36). The third kappa shape index (κ3) is 6.03. The molecule has 0 saturated heterocycles. The first-order valence-corrected chi connectivity index (χ1v) is 13.2. The van der Waals surface area contributed by atoms with Gasteiger partial charge in [-0.15, -0.1) is 0 Å². The molecule has 4 rings (SSSR count). The first kappa shape index (κ1) is 27.6. The number of hydrogen-bond donors (Lipinski definition) is 1. The van der Waals surface area contributed by atoms with E-state index in [0.29, 0.717) is 28.4 Å². The lowest BCUT2D eigenvalue weighted by atomic mass is 10.1. The third-order valence-corrected chi connectivity index (χ3v) is 6.55. The van der Waals surface area contributed by atoms with Gasteiger partial charge in [0.25, 0.3) is 11.8 Å². The van der Waals surface area contributed by atoms with Gasteiger partial charge in [0.1, 0.15) is 0 Å². The molecule has 39 heavy (non-hydrogen) atoms. The van der Waals surface area contributed by atoms with Gasteiger partial charge in [-0.2, -0.15) is 5.10 Å². The molecule has 0 saturated carbocycles. The third-order valence-electron chi connectivity index (χ3n) is 6.55. The Hall–Kier alpha value is -4.40. The van der Waals surface area contributed by atoms with Crippen molar-refractivity contribution in [2.45, 2.75) is 40.0 Å². The SMILES string of the molecule is CCCCN(CCC)C(=O)c1ccc(NC(=O)c2cc3nccc(-c4ccc(OC)c(OC)c4)n3n2)c(C)c1. The van der Waals surface area contributed by atoms with E-state index in [0.717, 1.165) is 49.2 Å². The van der Waals surface area contributed by atoms with Crippen LogP contribution in [0.3, 0.4) is 0 Å². The lowest BCUT2D eigenvalue weighted by Gasteiger charge is -2.22. The van der Waals surface area contributed by atoms with Crippen molar-refractivity contribution >= 4 is 23.1 Å². The number of unbranched alkanes of at least 4 members (excludes halogenated alkanes) is 1. The molecule has 2 amide bonds. The van der Waals surface area contributed by atoms with E-state index >= 15 is 0 Å². The van der Waals surface area contributed by atoms with Gasteiger partial charge in [0.05, 0.1) is 19.9 Å². The molecule has 0 atom stereocenters. The van der Waals surface area contributed by atoms with Crippen LogP contribution >= 0.6 is 0 Å². The molecule has 0 fully saturated rings. The maximum atomic E-state index is 13.2. The van der Waals surface area contributed by atoms with Crippen LogP contribution in [0.4, 0.5) is 5.69 Å². The normalized spacial score (nSPS) is 10.9. The van der Waals surface area contributed by atoms with Gasteiger partial charge in [0, 0.05) is 42.2 Å². The van der Waals surface area contributed by atoms with Crippen molar-refractivity contribution in [1.29, 1.82) is 0 Å².